The van der Waals surface area contributed by atoms with E-state index in [0.29, 0.717) is 0 Å². The van der Waals surface area contributed by atoms with Crippen molar-refractivity contribution in [2.75, 3.05) is 19.6 Å². The molecule has 1 saturated heterocycles. The summed E-state index contributed by atoms with van der Waals surface area (Å²) in [6.07, 6.45) is 4.88. The summed E-state index contributed by atoms with van der Waals surface area (Å²) in [6.45, 7) is 7.50. The van der Waals surface area contributed by atoms with Crippen molar-refractivity contribution >= 4 is 5.96 Å². The normalized spacial score (nSPS) is 23.0. The zero-order valence-electron chi connectivity index (χ0n) is 10.00. The Bertz CT molecular complexity index is 203. The Morgan fingerprint density at radius 3 is 3.00 bits per heavy atom. The minimum Gasteiger partial charge on any atom is -0.342 e. The maximum absolute atomic E-state index is 5.51. The highest BCUT2D eigenvalue weighted by molar-refractivity contribution is 5.79. The van der Waals surface area contributed by atoms with Crippen LogP contribution in [0.5, 0.6) is 0 Å². The molecule has 1 unspecified atom stereocenters. The monoisotopic (exact) mass is 212 g/mol. The third-order valence-electron chi connectivity index (χ3n) is 2.86. The summed E-state index contributed by atoms with van der Waals surface area (Å²) in [5.41, 5.74) is 2.73. The molecule has 1 aliphatic heterocycles. The van der Waals surface area contributed by atoms with E-state index in [9.17, 15) is 0 Å². The van der Waals surface area contributed by atoms with Crippen LogP contribution in [0, 0.1) is 5.92 Å². The molecule has 0 amide bonds. The van der Waals surface area contributed by atoms with E-state index < -0.39 is 0 Å². The van der Waals surface area contributed by atoms with Gasteiger partial charge in [0.15, 0.2) is 0 Å². The van der Waals surface area contributed by atoms with Gasteiger partial charge in [-0.1, -0.05) is 20.3 Å². The van der Waals surface area contributed by atoms with E-state index in [0.717, 1.165) is 37.9 Å². The lowest BCUT2D eigenvalue weighted by molar-refractivity contribution is 0.266. The van der Waals surface area contributed by atoms with Crippen LogP contribution in [-0.2, 0) is 0 Å². The molecular weight excluding hydrogens is 188 g/mol. The number of nitrogens with zero attached hydrogens (tertiary/aromatic N) is 2. The topological polar surface area (TPSA) is 53.6 Å². The van der Waals surface area contributed by atoms with Crippen LogP contribution in [0.15, 0.2) is 4.99 Å². The van der Waals surface area contributed by atoms with Crippen LogP contribution >= 0.6 is 0 Å². The Morgan fingerprint density at radius 2 is 2.40 bits per heavy atom. The summed E-state index contributed by atoms with van der Waals surface area (Å²) >= 11 is 0. The van der Waals surface area contributed by atoms with E-state index in [4.69, 9.17) is 5.84 Å². The highest BCUT2D eigenvalue weighted by atomic mass is 15.4. The Hall–Kier alpha value is -0.770. The molecule has 1 aliphatic rings. The third kappa shape index (κ3) is 4.08. The summed E-state index contributed by atoms with van der Waals surface area (Å²) < 4.78 is 0. The van der Waals surface area contributed by atoms with Gasteiger partial charge in [-0.05, 0) is 25.2 Å². The summed E-state index contributed by atoms with van der Waals surface area (Å²) in [4.78, 5) is 6.76. The molecule has 0 aromatic heterocycles. The molecule has 88 valence electrons. The molecule has 0 spiro atoms. The molecule has 3 N–H and O–H groups in total. The van der Waals surface area contributed by atoms with Gasteiger partial charge in [0.1, 0.15) is 0 Å². The van der Waals surface area contributed by atoms with Crippen molar-refractivity contribution in [3.05, 3.63) is 0 Å². The predicted molar refractivity (Wildman–Crippen MR) is 64.5 cm³/mol. The van der Waals surface area contributed by atoms with E-state index in [1.807, 2.05) is 0 Å². The number of nitrogens with two attached hydrogens (primary N) is 1. The van der Waals surface area contributed by atoms with Gasteiger partial charge in [0.25, 0.3) is 0 Å². The second-order valence-electron chi connectivity index (χ2n) is 4.40. The Labute approximate surface area is 92.9 Å². The SMILES string of the molecule is CCCCN=C(NN)N1CCCC(C)C1. The molecule has 1 atom stereocenters. The number of aliphatic imine (C=N–C) groups is 1. The Morgan fingerprint density at radius 1 is 1.60 bits per heavy atom. The fourth-order valence-corrected chi connectivity index (χ4v) is 1.96. The van der Waals surface area contributed by atoms with Crippen LogP contribution in [-0.4, -0.2) is 30.5 Å². The number of hydrogen-bond acceptors (Lipinski definition) is 2. The van der Waals surface area contributed by atoms with E-state index >= 15 is 0 Å². The van der Waals surface area contributed by atoms with Crippen LogP contribution in [0.25, 0.3) is 0 Å². The van der Waals surface area contributed by atoms with Crippen molar-refractivity contribution in [2.45, 2.75) is 39.5 Å². The number of hydrazine groups is 1. The maximum Gasteiger partial charge on any atom is 0.208 e. The van der Waals surface area contributed by atoms with Crippen molar-refractivity contribution < 1.29 is 0 Å². The molecule has 0 radical (unpaired) electrons. The molecule has 0 aromatic rings. The minimum atomic E-state index is 0.753. The summed E-state index contributed by atoms with van der Waals surface area (Å²) in [7, 11) is 0. The van der Waals surface area contributed by atoms with E-state index in [1.165, 1.54) is 19.3 Å². The van der Waals surface area contributed by atoms with E-state index in [2.05, 4.69) is 29.2 Å². The number of hydrogen-bond donors (Lipinski definition) is 2. The first-order valence-corrected chi connectivity index (χ1v) is 6.04. The largest absolute Gasteiger partial charge is 0.342 e. The van der Waals surface area contributed by atoms with Gasteiger partial charge in [-0.15, -0.1) is 0 Å². The highest BCUT2D eigenvalue weighted by Crippen LogP contribution is 2.15. The molecule has 1 heterocycles. The number of guanidine groups is 1. The Kier molecular flexibility index (Phi) is 5.47. The quantitative estimate of drug-likeness (QED) is 0.244. The number of piperidine rings is 1. The fraction of sp³-hybridized carbons (Fsp3) is 0.909. The maximum atomic E-state index is 5.51. The van der Waals surface area contributed by atoms with Crippen molar-refractivity contribution in [2.24, 2.45) is 16.8 Å². The standard InChI is InChI=1S/C11H24N4/c1-3-4-7-13-11(14-12)15-8-5-6-10(2)9-15/h10H,3-9,12H2,1-2H3,(H,13,14). The zero-order chi connectivity index (χ0) is 11.1. The first-order valence-electron chi connectivity index (χ1n) is 6.04. The van der Waals surface area contributed by atoms with Gasteiger partial charge < -0.3 is 4.90 Å². The third-order valence-corrected chi connectivity index (χ3v) is 2.86. The number of nitrogens with one attached hydrogen (secondary N) is 1. The molecular formula is C11H24N4. The second kappa shape index (κ2) is 6.67. The Balaban J connectivity index is 2.45. The average Bonchev–Trinajstić information content (AvgIpc) is 2.24. The van der Waals surface area contributed by atoms with E-state index in [-0.39, 0.29) is 0 Å². The molecule has 0 aliphatic carbocycles. The highest BCUT2D eigenvalue weighted by Gasteiger charge is 2.18. The van der Waals surface area contributed by atoms with Gasteiger partial charge in [-0.3, -0.25) is 10.4 Å². The average molecular weight is 212 g/mol. The van der Waals surface area contributed by atoms with Crippen LogP contribution in [0.2, 0.25) is 0 Å². The van der Waals surface area contributed by atoms with Crippen molar-refractivity contribution in [3.8, 4) is 0 Å². The molecule has 15 heavy (non-hydrogen) atoms. The van der Waals surface area contributed by atoms with Gasteiger partial charge in [0, 0.05) is 19.6 Å². The van der Waals surface area contributed by atoms with Gasteiger partial charge in [-0.2, -0.15) is 0 Å². The molecule has 0 aromatic carbocycles. The smallest absolute Gasteiger partial charge is 0.208 e. The molecule has 4 heteroatoms. The van der Waals surface area contributed by atoms with Crippen molar-refractivity contribution in [1.29, 1.82) is 0 Å². The van der Waals surface area contributed by atoms with E-state index in [1.54, 1.807) is 0 Å². The summed E-state index contributed by atoms with van der Waals surface area (Å²) in [6, 6.07) is 0. The first-order chi connectivity index (χ1) is 7.27. The lowest BCUT2D eigenvalue weighted by atomic mass is 10.0. The van der Waals surface area contributed by atoms with Gasteiger partial charge >= 0.3 is 0 Å². The predicted octanol–water partition coefficient (Wildman–Crippen LogP) is 1.34. The molecule has 0 saturated carbocycles. The fourth-order valence-electron chi connectivity index (χ4n) is 1.96. The number of rotatable bonds is 3. The lowest BCUT2D eigenvalue weighted by Gasteiger charge is -2.32. The van der Waals surface area contributed by atoms with Crippen LogP contribution < -0.4 is 11.3 Å². The molecule has 1 rings (SSSR count). The van der Waals surface area contributed by atoms with Gasteiger partial charge in [0.2, 0.25) is 5.96 Å². The minimum absolute atomic E-state index is 0.753. The van der Waals surface area contributed by atoms with Crippen LogP contribution in [0.3, 0.4) is 0 Å². The molecule has 4 nitrogen and oxygen atoms in total. The second-order valence-corrected chi connectivity index (χ2v) is 4.40. The van der Waals surface area contributed by atoms with Crippen molar-refractivity contribution in [3.63, 3.8) is 0 Å². The first kappa shape index (κ1) is 12.3. The summed E-state index contributed by atoms with van der Waals surface area (Å²) in [5, 5.41) is 0. The van der Waals surface area contributed by atoms with Crippen molar-refractivity contribution in [1.82, 2.24) is 10.3 Å². The summed E-state index contributed by atoms with van der Waals surface area (Å²) in [5.74, 6) is 7.13. The molecule has 0 bridgehead atoms. The van der Waals surface area contributed by atoms with Crippen LogP contribution in [0.1, 0.15) is 39.5 Å². The van der Waals surface area contributed by atoms with Gasteiger partial charge in [0.05, 0.1) is 0 Å². The molecule has 1 fully saturated rings. The lowest BCUT2D eigenvalue weighted by Crippen LogP contribution is -2.48. The number of likely N-dealkylation sites (tertiary alicyclic amines) is 1. The number of unbranched alkanes of at least 4 members (excludes halogenated alkanes) is 1. The van der Waals surface area contributed by atoms with Gasteiger partial charge in [-0.25, -0.2) is 5.84 Å². The van der Waals surface area contributed by atoms with Crippen LogP contribution in [0.4, 0.5) is 0 Å². The zero-order valence-corrected chi connectivity index (χ0v) is 10.00.